The molecule has 7 heteroatoms. The molecule has 0 saturated heterocycles. The van der Waals surface area contributed by atoms with Crippen LogP contribution in [0.15, 0.2) is 77.4 Å². The lowest BCUT2D eigenvalue weighted by molar-refractivity contribution is -0.128. The summed E-state index contributed by atoms with van der Waals surface area (Å²) < 4.78 is 10.8. The number of carbonyl (C=O) groups excluding carboxylic acids is 2. The molecular formula is C23H22ClNO4S. The number of nitrogens with one attached hydrogen (secondary N) is 1. The van der Waals surface area contributed by atoms with Gasteiger partial charge in [-0.25, -0.2) is 0 Å². The molecule has 1 N–H and O–H groups in total. The summed E-state index contributed by atoms with van der Waals surface area (Å²) in [5.41, 5.74) is 0.971. The molecule has 156 valence electrons. The van der Waals surface area contributed by atoms with Gasteiger partial charge in [-0.05, 0) is 36.2 Å². The van der Waals surface area contributed by atoms with Crippen LogP contribution in [0.5, 0.6) is 5.75 Å². The van der Waals surface area contributed by atoms with Crippen molar-refractivity contribution in [3.63, 3.8) is 0 Å². The summed E-state index contributed by atoms with van der Waals surface area (Å²) in [7, 11) is 0. The zero-order valence-electron chi connectivity index (χ0n) is 16.3. The van der Waals surface area contributed by atoms with Gasteiger partial charge in [-0.1, -0.05) is 54.1 Å². The fourth-order valence-electron chi connectivity index (χ4n) is 2.78. The van der Waals surface area contributed by atoms with Gasteiger partial charge < -0.3 is 14.5 Å². The zero-order valence-corrected chi connectivity index (χ0v) is 17.8. The van der Waals surface area contributed by atoms with Crippen molar-refractivity contribution < 1.29 is 18.7 Å². The third-order valence-corrected chi connectivity index (χ3v) is 5.56. The summed E-state index contributed by atoms with van der Waals surface area (Å²) in [4.78, 5) is 25.3. The maximum Gasteiger partial charge on any atom is 0.258 e. The van der Waals surface area contributed by atoms with Gasteiger partial charge in [0.05, 0.1) is 28.8 Å². The quantitative estimate of drug-likeness (QED) is 0.471. The van der Waals surface area contributed by atoms with E-state index in [2.05, 4.69) is 5.32 Å². The Morgan fingerprint density at radius 3 is 2.53 bits per heavy atom. The van der Waals surface area contributed by atoms with Gasteiger partial charge in [-0.2, -0.15) is 0 Å². The molecule has 1 heterocycles. The van der Waals surface area contributed by atoms with Crippen LogP contribution < -0.4 is 10.1 Å². The van der Waals surface area contributed by atoms with E-state index in [1.165, 1.54) is 11.8 Å². The van der Waals surface area contributed by atoms with E-state index in [4.69, 9.17) is 20.8 Å². The molecule has 0 spiro atoms. The Morgan fingerprint density at radius 2 is 1.80 bits per heavy atom. The fourth-order valence-corrected chi connectivity index (χ4v) is 3.84. The fraction of sp³-hybridized carbons (Fsp3) is 0.217. The second-order valence-corrected chi connectivity index (χ2v) is 7.96. The molecule has 0 fully saturated rings. The Hall–Kier alpha value is -2.70. The van der Waals surface area contributed by atoms with Crippen LogP contribution in [0.4, 0.5) is 0 Å². The number of Topliss-reactive ketones (excluding diaryl/α,β-unsaturated/α-hetero) is 1. The molecule has 1 unspecified atom stereocenters. The van der Waals surface area contributed by atoms with E-state index in [9.17, 15) is 9.59 Å². The van der Waals surface area contributed by atoms with Crippen LogP contribution in [0.3, 0.4) is 0 Å². The highest BCUT2D eigenvalue weighted by Crippen LogP contribution is 2.22. The molecule has 30 heavy (non-hydrogen) atoms. The van der Waals surface area contributed by atoms with Gasteiger partial charge in [0.1, 0.15) is 11.5 Å². The van der Waals surface area contributed by atoms with Crippen LogP contribution in [0.2, 0.25) is 5.02 Å². The number of amides is 1. The largest absolute Gasteiger partial charge is 0.482 e. The molecule has 0 aliphatic heterocycles. The number of rotatable bonds is 11. The van der Waals surface area contributed by atoms with E-state index >= 15 is 0 Å². The number of halogens is 1. The van der Waals surface area contributed by atoms with Gasteiger partial charge in [0.2, 0.25) is 0 Å². The summed E-state index contributed by atoms with van der Waals surface area (Å²) in [6.45, 7) is -0.220. The number of thioether (sulfide) groups is 1. The van der Waals surface area contributed by atoms with Crippen LogP contribution in [-0.4, -0.2) is 30.1 Å². The SMILES string of the molecule is O=C(COc1ccccc1Cl)NC(Cc1ccccc1)C(=O)CSCc1ccco1. The van der Waals surface area contributed by atoms with Crippen molar-refractivity contribution in [2.24, 2.45) is 0 Å². The predicted molar refractivity (Wildman–Crippen MR) is 119 cm³/mol. The van der Waals surface area contributed by atoms with Gasteiger partial charge in [-0.3, -0.25) is 9.59 Å². The minimum absolute atomic E-state index is 0.0542. The first-order valence-electron chi connectivity index (χ1n) is 9.45. The van der Waals surface area contributed by atoms with Gasteiger partial charge in [0.25, 0.3) is 5.91 Å². The highest BCUT2D eigenvalue weighted by Gasteiger charge is 2.21. The van der Waals surface area contributed by atoms with Crippen LogP contribution >= 0.6 is 23.4 Å². The molecule has 1 atom stereocenters. The van der Waals surface area contributed by atoms with Crippen LogP contribution in [0.1, 0.15) is 11.3 Å². The lowest BCUT2D eigenvalue weighted by atomic mass is 10.0. The lowest BCUT2D eigenvalue weighted by Crippen LogP contribution is -2.45. The number of hydrogen-bond donors (Lipinski definition) is 1. The smallest absolute Gasteiger partial charge is 0.258 e. The Labute approximate surface area is 184 Å². The third-order valence-electron chi connectivity index (χ3n) is 4.27. The minimum Gasteiger partial charge on any atom is -0.482 e. The molecule has 3 rings (SSSR count). The highest BCUT2D eigenvalue weighted by atomic mass is 35.5. The molecule has 0 aliphatic rings. The molecule has 1 amide bonds. The molecule has 2 aromatic carbocycles. The third kappa shape index (κ3) is 6.97. The number of para-hydroxylation sites is 1. The van der Waals surface area contributed by atoms with Crippen molar-refractivity contribution in [1.82, 2.24) is 5.32 Å². The first kappa shape index (κ1) is 22.0. The maximum atomic E-state index is 12.8. The van der Waals surface area contributed by atoms with Crippen molar-refractivity contribution in [3.8, 4) is 5.75 Å². The van der Waals surface area contributed by atoms with Crippen molar-refractivity contribution in [2.45, 2.75) is 18.2 Å². The number of ketones is 1. The summed E-state index contributed by atoms with van der Waals surface area (Å²) in [6, 6.07) is 19.6. The average Bonchev–Trinajstić information content (AvgIpc) is 3.27. The normalized spacial score (nSPS) is 11.6. The number of ether oxygens (including phenoxy) is 1. The molecule has 0 saturated carbocycles. The van der Waals surface area contributed by atoms with Crippen molar-refractivity contribution in [2.75, 3.05) is 12.4 Å². The summed E-state index contributed by atoms with van der Waals surface area (Å²) in [6.07, 6.45) is 2.02. The predicted octanol–water partition coefficient (Wildman–Crippen LogP) is 4.54. The average molecular weight is 444 g/mol. The summed E-state index contributed by atoms with van der Waals surface area (Å²) in [5.74, 6) is 1.67. The van der Waals surface area contributed by atoms with Gasteiger partial charge in [-0.15, -0.1) is 11.8 Å². The standard InChI is InChI=1S/C23H22ClNO4S/c24-19-10-4-5-11-22(19)29-14-23(27)25-20(13-17-7-2-1-3-8-17)21(26)16-30-15-18-9-6-12-28-18/h1-12,20H,13-16H2,(H,25,27). The van der Waals surface area contributed by atoms with Crippen molar-refractivity contribution in [1.29, 1.82) is 0 Å². The summed E-state index contributed by atoms with van der Waals surface area (Å²) >= 11 is 7.50. The second kappa shape index (κ2) is 11.5. The molecule has 3 aromatic rings. The monoisotopic (exact) mass is 443 g/mol. The molecule has 5 nitrogen and oxygen atoms in total. The number of carbonyl (C=O) groups is 2. The maximum absolute atomic E-state index is 12.8. The Balaban J connectivity index is 1.57. The number of hydrogen-bond acceptors (Lipinski definition) is 5. The van der Waals surface area contributed by atoms with Gasteiger partial charge in [0, 0.05) is 0 Å². The van der Waals surface area contributed by atoms with E-state index in [1.54, 1.807) is 30.5 Å². The highest BCUT2D eigenvalue weighted by molar-refractivity contribution is 7.99. The van der Waals surface area contributed by atoms with E-state index in [0.717, 1.165) is 11.3 Å². The molecule has 0 radical (unpaired) electrons. The first-order chi connectivity index (χ1) is 14.6. The molecular weight excluding hydrogens is 422 g/mol. The van der Waals surface area contributed by atoms with Crippen LogP contribution in [0, 0.1) is 0 Å². The summed E-state index contributed by atoms with van der Waals surface area (Å²) in [5, 5.41) is 3.23. The Kier molecular flexibility index (Phi) is 8.41. The lowest BCUT2D eigenvalue weighted by Gasteiger charge is -2.18. The van der Waals surface area contributed by atoms with E-state index < -0.39 is 6.04 Å². The second-order valence-electron chi connectivity index (χ2n) is 6.57. The molecule has 0 aliphatic carbocycles. The van der Waals surface area contributed by atoms with Gasteiger partial charge >= 0.3 is 0 Å². The number of benzene rings is 2. The molecule has 1 aromatic heterocycles. The van der Waals surface area contributed by atoms with Crippen LogP contribution in [0.25, 0.3) is 0 Å². The Bertz CT molecular complexity index is 947. The van der Waals surface area contributed by atoms with Crippen LogP contribution in [-0.2, 0) is 21.8 Å². The van der Waals surface area contributed by atoms with E-state index in [0.29, 0.717) is 22.9 Å². The number of furan rings is 1. The first-order valence-corrected chi connectivity index (χ1v) is 11.0. The van der Waals surface area contributed by atoms with Crippen molar-refractivity contribution in [3.05, 3.63) is 89.3 Å². The topological polar surface area (TPSA) is 68.5 Å². The van der Waals surface area contributed by atoms with E-state index in [-0.39, 0.29) is 24.1 Å². The zero-order chi connectivity index (χ0) is 21.2. The Morgan fingerprint density at radius 1 is 1.03 bits per heavy atom. The van der Waals surface area contributed by atoms with Gasteiger partial charge in [0.15, 0.2) is 12.4 Å². The minimum atomic E-state index is -0.640. The van der Waals surface area contributed by atoms with Crippen molar-refractivity contribution >= 4 is 35.1 Å². The van der Waals surface area contributed by atoms with E-state index in [1.807, 2.05) is 42.5 Å². The molecule has 0 bridgehead atoms.